The fourth-order valence-corrected chi connectivity index (χ4v) is 5.50. The third-order valence-electron chi connectivity index (χ3n) is 6.72. The molecule has 38 heavy (non-hydrogen) atoms. The van der Waals surface area contributed by atoms with Crippen LogP contribution in [0.3, 0.4) is 0 Å². The molecule has 13 heteroatoms. The lowest BCUT2D eigenvalue weighted by atomic mass is 9.73. The first-order valence-electron chi connectivity index (χ1n) is 11.8. The zero-order chi connectivity index (χ0) is 26.6. The van der Waals surface area contributed by atoms with Crippen molar-refractivity contribution in [1.82, 2.24) is 24.5 Å². The predicted octanol–water partition coefficient (Wildman–Crippen LogP) is 4.05. The van der Waals surface area contributed by atoms with Crippen molar-refractivity contribution in [2.45, 2.75) is 56.8 Å². The molecule has 2 fully saturated rings. The van der Waals surface area contributed by atoms with Crippen LogP contribution in [0.1, 0.15) is 32.9 Å². The van der Waals surface area contributed by atoms with E-state index in [-0.39, 0.29) is 11.3 Å². The van der Waals surface area contributed by atoms with Gasteiger partial charge >= 0.3 is 11.9 Å². The molecular weight excluding hydrogens is 537 g/mol. The number of ether oxygens (including phenoxy) is 4. The Morgan fingerprint density at radius 2 is 1.82 bits per heavy atom. The summed E-state index contributed by atoms with van der Waals surface area (Å²) < 4.78 is 25.7. The summed E-state index contributed by atoms with van der Waals surface area (Å²) >= 11 is 12.2. The van der Waals surface area contributed by atoms with E-state index < -0.39 is 36.0 Å². The van der Waals surface area contributed by atoms with Crippen molar-refractivity contribution >= 4 is 57.2 Å². The number of fused-ring (bicyclic) bond motifs is 2. The summed E-state index contributed by atoms with van der Waals surface area (Å²) in [6.45, 7) is 2.58. The van der Waals surface area contributed by atoms with Crippen LogP contribution in [0.4, 0.5) is 0 Å². The number of esters is 2. The van der Waals surface area contributed by atoms with Crippen molar-refractivity contribution in [3.63, 3.8) is 0 Å². The fraction of sp³-hybridized carbons (Fsp3) is 0.360. The molecule has 1 aromatic carbocycles. The van der Waals surface area contributed by atoms with E-state index in [0.717, 1.165) is 5.39 Å². The molecule has 0 amide bonds. The van der Waals surface area contributed by atoms with Gasteiger partial charge in [0.25, 0.3) is 0 Å². The van der Waals surface area contributed by atoms with E-state index in [1.807, 2.05) is 24.3 Å². The molecule has 0 radical (unpaired) electrons. The predicted molar refractivity (Wildman–Crippen MR) is 135 cm³/mol. The van der Waals surface area contributed by atoms with Crippen LogP contribution in [-0.2, 0) is 23.8 Å². The van der Waals surface area contributed by atoms with Gasteiger partial charge in [0.05, 0.1) is 11.8 Å². The Labute approximate surface area is 226 Å². The van der Waals surface area contributed by atoms with Gasteiger partial charge in [0, 0.05) is 38.1 Å². The summed E-state index contributed by atoms with van der Waals surface area (Å²) in [4.78, 5) is 41.1. The third kappa shape index (κ3) is 4.30. The highest BCUT2D eigenvalue weighted by molar-refractivity contribution is 6.33. The summed E-state index contributed by atoms with van der Waals surface area (Å²) in [5.74, 6) is -0.461. The van der Waals surface area contributed by atoms with E-state index in [4.69, 9.17) is 42.1 Å². The molecule has 3 aromatic heterocycles. The molecule has 1 aliphatic carbocycles. The number of hydrogen-bond acceptors (Lipinski definition) is 10. The van der Waals surface area contributed by atoms with Gasteiger partial charge in [0.15, 0.2) is 29.2 Å². The Morgan fingerprint density at radius 3 is 2.58 bits per heavy atom. The lowest BCUT2D eigenvalue weighted by Gasteiger charge is -2.46. The van der Waals surface area contributed by atoms with Crippen LogP contribution in [0.15, 0.2) is 43.0 Å². The normalized spacial score (nSPS) is 26.4. The zero-order valence-corrected chi connectivity index (χ0v) is 21.7. The monoisotopic (exact) mass is 557 g/mol. The second-order valence-electron chi connectivity index (χ2n) is 9.30. The van der Waals surface area contributed by atoms with Gasteiger partial charge in [-0.15, -0.1) is 0 Å². The van der Waals surface area contributed by atoms with Gasteiger partial charge in [-0.25, -0.2) is 19.9 Å². The molecule has 2 aliphatic rings. The number of imidazole rings is 1. The van der Waals surface area contributed by atoms with E-state index in [9.17, 15) is 9.59 Å². The van der Waals surface area contributed by atoms with Crippen LogP contribution in [0.2, 0.25) is 10.3 Å². The van der Waals surface area contributed by atoms with E-state index in [0.29, 0.717) is 40.4 Å². The average Bonchev–Trinajstić information content (AvgIpc) is 3.39. The van der Waals surface area contributed by atoms with Gasteiger partial charge in [-0.2, -0.15) is 0 Å². The molecule has 1 saturated heterocycles. The molecule has 1 aliphatic heterocycles. The van der Waals surface area contributed by atoms with E-state index in [2.05, 4.69) is 19.9 Å². The third-order valence-corrected chi connectivity index (χ3v) is 7.20. The summed E-state index contributed by atoms with van der Waals surface area (Å²) in [5, 5.41) is 1.50. The summed E-state index contributed by atoms with van der Waals surface area (Å²) in [6.07, 6.45) is 0.555. The molecule has 1 spiro atoms. The summed E-state index contributed by atoms with van der Waals surface area (Å²) in [7, 11) is 0. The summed E-state index contributed by atoms with van der Waals surface area (Å²) in [6, 6.07) is 9.19. The maximum absolute atomic E-state index is 12.1. The van der Waals surface area contributed by atoms with Crippen LogP contribution < -0.4 is 4.74 Å². The number of carbonyl (C=O) groups excluding carboxylic acids is 2. The molecule has 0 N–H and O–H groups in total. The van der Waals surface area contributed by atoms with Gasteiger partial charge in [0.2, 0.25) is 0 Å². The van der Waals surface area contributed by atoms with Gasteiger partial charge < -0.3 is 18.9 Å². The van der Waals surface area contributed by atoms with Crippen LogP contribution in [-0.4, -0.2) is 60.4 Å². The van der Waals surface area contributed by atoms with Crippen LogP contribution >= 0.6 is 23.2 Å². The van der Waals surface area contributed by atoms with Crippen molar-refractivity contribution < 1.29 is 28.5 Å². The zero-order valence-electron chi connectivity index (χ0n) is 20.2. The largest absolute Gasteiger partial charge is 0.490 e. The highest BCUT2D eigenvalue weighted by Gasteiger charge is 2.66. The number of benzene rings is 1. The molecule has 4 aromatic rings. The maximum atomic E-state index is 12.1. The molecule has 4 heterocycles. The first-order valence-corrected chi connectivity index (χ1v) is 12.6. The maximum Gasteiger partial charge on any atom is 0.303 e. The number of halogens is 2. The lowest BCUT2D eigenvalue weighted by molar-refractivity contribution is -0.197. The minimum Gasteiger partial charge on any atom is -0.490 e. The number of hydrogen-bond donors (Lipinski definition) is 0. The smallest absolute Gasteiger partial charge is 0.303 e. The van der Waals surface area contributed by atoms with Crippen molar-refractivity contribution in [1.29, 1.82) is 0 Å². The Bertz CT molecular complexity index is 1570. The Hall–Kier alpha value is -3.54. The Morgan fingerprint density at radius 1 is 1.05 bits per heavy atom. The minimum atomic E-state index is -0.965. The molecule has 196 valence electrons. The highest BCUT2D eigenvalue weighted by atomic mass is 35.5. The molecule has 1 saturated carbocycles. The van der Waals surface area contributed by atoms with E-state index >= 15 is 0 Å². The molecule has 11 nitrogen and oxygen atoms in total. The van der Waals surface area contributed by atoms with E-state index in [1.165, 1.54) is 26.5 Å². The SMILES string of the molecule is CC(=O)O[C@H]1[C@H](n2cnc3c(Cl)ncnc32)O[C@]2(C[C@H](Oc3ccc4ccc(Cl)nc4c3)C2)[C@H]1OC(C)=O. The number of carbonyl (C=O) groups is 2. The molecule has 0 bridgehead atoms. The molecular formula is C25H21Cl2N5O6. The molecule has 3 atom stereocenters. The molecule has 6 rings (SSSR count). The lowest BCUT2D eigenvalue weighted by Crippen LogP contribution is -2.58. The fourth-order valence-electron chi connectivity index (χ4n) is 5.17. The van der Waals surface area contributed by atoms with Crippen LogP contribution in [0, 0.1) is 0 Å². The molecule has 0 unspecified atom stereocenters. The first kappa shape index (κ1) is 24.8. The Kier molecular flexibility index (Phi) is 6.09. The highest BCUT2D eigenvalue weighted by Crippen LogP contribution is 2.53. The van der Waals surface area contributed by atoms with Crippen molar-refractivity contribution in [3.05, 3.63) is 53.3 Å². The second-order valence-corrected chi connectivity index (χ2v) is 10.0. The van der Waals surface area contributed by atoms with Crippen LogP contribution in [0.25, 0.3) is 22.1 Å². The number of nitrogens with zero attached hydrogens (tertiary/aromatic N) is 5. The average molecular weight is 558 g/mol. The standard InChI is InChI=1S/C25H21Cl2N5O6/c1-12(33)35-20-21(36-13(2)34)25(38-24(20)32-11-30-19-22(27)28-10-29-23(19)32)8-16(9-25)37-15-5-3-14-4-6-18(26)31-17(14)7-15/h3-7,10-11,16,20-21,24H,8-9H2,1-2H3/t16-,20-,21+,24-,25-/m1/s1. The van der Waals surface area contributed by atoms with Gasteiger partial charge in [-0.1, -0.05) is 23.2 Å². The van der Waals surface area contributed by atoms with Gasteiger partial charge in [0.1, 0.15) is 34.5 Å². The number of aromatic nitrogens is 5. The quantitative estimate of drug-likeness (QED) is 0.201. The first-order chi connectivity index (χ1) is 18.2. The minimum absolute atomic E-state index is 0.172. The summed E-state index contributed by atoms with van der Waals surface area (Å²) in [5.41, 5.74) is 0.499. The van der Waals surface area contributed by atoms with E-state index in [1.54, 1.807) is 10.6 Å². The van der Waals surface area contributed by atoms with Crippen molar-refractivity contribution in [2.75, 3.05) is 0 Å². The Balaban J connectivity index is 1.30. The van der Waals surface area contributed by atoms with Gasteiger partial charge in [-0.3, -0.25) is 14.2 Å². The topological polar surface area (TPSA) is 128 Å². The van der Waals surface area contributed by atoms with Crippen molar-refractivity contribution in [2.24, 2.45) is 0 Å². The second kappa shape index (κ2) is 9.33. The van der Waals surface area contributed by atoms with Gasteiger partial charge in [-0.05, 0) is 24.3 Å². The number of rotatable bonds is 5. The van der Waals surface area contributed by atoms with Crippen molar-refractivity contribution in [3.8, 4) is 5.75 Å². The van der Waals surface area contributed by atoms with Crippen LogP contribution in [0.5, 0.6) is 5.75 Å². The number of pyridine rings is 1.